The second-order valence-electron chi connectivity index (χ2n) is 6.41. The predicted molar refractivity (Wildman–Crippen MR) is 114 cm³/mol. The molecule has 0 saturated heterocycles. The van der Waals surface area contributed by atoms with Crippen LogP contribution in [0.4, 0.5) is 11.4 Å². The van der Waals surface area contributed by atoms with Crippen LogP contribution in [0.1, 0.15) is 11.1 Å². The predicted octanol–water partition coefficient (Wildman–Crippen LogP) is 1.97. The van der Waals surface area contributed by atoms with Gasteiger partial charge in [0.05, 0.1) is 17.7 Å². The van der Waals surface area contributed by atoms with Crippen LogP contribution in [-0.4, -0.2) is 43.0 Å². The number of nitro benzene ring substituents is 1. The number of nitro groups is 1. The van der Waals surface area contributed by atoms with E-state index in [0.29, 0.717) is 22.6 Å². The normalized spacial score (nSPS) is 10.4. The fraction of sp³-hybridized carbons (Fsp3) is 0.190. The molecule has 3 N–H and O–H groups in total. The van der Waals surface area contributed by atoms with Crippen molar-refractivity contribution in [1.82, 2.24) is 0 Å². The van der Waals surface area contributed by atoms with Crippen molar-refractivity contribution < 1.29 is 33.5 Å². The lowest BCUT2D eigenvalue weighted by atomic mass is 10.2. The van der Waals surface area contributed by atoms with Crippen molar-refractivity contribution in [3.63, 3.8) is 0 Å². The van der Waals surface area contributed by atoms with Crippen LogP contribution < -0.4 is 20.5 Å². The quantitative estimate of drug-likeness (QED) is 0.244. The van der Waals surface area contributed by atoms with Crippen LogP contribution in [0, 0.1) is 17.0 Å². The minimum absolute atomic E-state index is 0.174. The highest BCUT2D eigenvalue weighted by atomic mass is 16.6. The number of ether oxygens (including phenoxy) is 3. The molecule has 2 aromatic rings. The highest BCUT2D eigenvalue weighted by Gasteiger charge is 2.12. The third kappa shape index (κ3) is 7.13. The molecule has 0 radical (unpaired) electrons. The van der Waals surface area contributed by atoms with Gasteiger partial charge in [-0.05, 0) is 36.3 Å². The lowest BCUT2D eigenvalue weighted by molar-refractivity contribution is -0.384. The fourth-order valence-electron chi connectivity index (χ4n) is 2.45. The number of nitrogens with one attached hydrogen (secondary N) is 1. The average Bonchev–Trinajstić information content (AvgIpc) is 2.76. The number of carbonyl (C=O) groups excluding carboxylic acids is 3. The summed E-state index contributed by atoms with van der Waals surface area (Å²) in [5, 5.41) is 13.3. The molecule has 0 fully saturated rings. The summed E-state index contributed by atoms with van der Waals surface area (Å²) in [5.41, 5.74) is 6.31. The maximum atomic E-state index is 12.0. The molecule has 0 unspecified atom stereocenters. The zero-order valence-corrected chi connectivity index (χ0v) is 17.3. The Labute approximate surface area is 182 Å². The van der Waals surface area contributed by atoms with Crippen LogP contribution in [0.2, 0.25) is 0 Å². The standard InChI is InChI=1S/C21H21N3O8/c1-13-3-6-15(24(28)29)10-16(13)23-20(26)12-32-21(27)8-5-14-4-7-17(18(9-14)30-2)31-11-19(22)25/h3-10H,11-12H2,1-2H3,(H2,22,25)(H,23,26)/b8-5+. The average molecular weight is 443 g/mol. The van der Waals surface area contributed by atoms with Crippen molar-refractivity contribution in [2.24, 2.45) is 5.73 Å². The highest BCUT2D eigenvalue weighted by Crippen LogP contribution is 2.28. The van der Waals surface area contributed by atoms with Gasteiger partial charge in [-0.25, -0.2) is 4.79 Å². The summed E-state index contributed by atoms with van der Waals surface area (Å²) in [4.78, 5) is 45.0. The maximum absolute atomic E-state index is 12.0. The van der Waals surface area contributed by atoms with Gasteiger partial charge in [0.15, 0.2) is 24.7 Å². The summed E-state index contributed by atoms with van der Waals surface area (Å²) >= 11 is 0. The largest absolute Gasteiger partial charge is 0.493 e. The van der Waals surface area contributed by atoms with Gasteiger partial charge in [-0.15, -0.1) is 0 Å². The number of non-ortho nitro benzene ring substituents is 1. The van der Waals surface area contributed by atoms with E-state index in [1.807, 2.05) is 0 Å². The number of carbonyl (C=O) groups is 3. The fourth-order valence-corrected chi connectivity index (χ4v) is 2.45. The van der Waals surface area contributed by atoms with E-state index in [-0.39, 0.29) is 18.0 Å². The van der Waals surface area contributed by atoms with Crippen LogP contribution in [0.3, 0.4) is 0 Å². The molecule has 168 valence electrons. The van der Waals surface area contributed by atoms with Crippen LogP contribution in [0.5, 0.6) is 11.5 Å². The molecule has 0 atom stereocenters. The lowest BCUT2D eigenvalue weighted by Gasteiger charge is -2.10. The molecule has 0 aromatic heterocycles. The summed E-state index contributed by atoms with van der Waals surface area (Å²) in [7, 11) is 1.41. The number of methoxy groups -OCH3 is 1. The third-order valence-corrected chi connectivity index (χ3v) is 4.02. The van der Waals surface area contributed by atoms with Gasteiger partial charge in [-0.3, -0.25) is 19.7 Å². The second-order valence-corrected chi connectivity index (χ2v) is 6.41. The monoisotopic (exact) mass is 443 g/mol. The van der Waals surface area contributed by atoms with E-state index < -0.39 is 29.3 Å². The minimum Gasteiger partial charge on any atom is -0.493 e. The molecule has 0 aliphatic rings. The first-order valence-corrected chi connectivity index (χ1v) is 9.18. The molecule has 2 amide bonds. The van der Waals surface area contributed by atoms with Gasteiger partial charge in [0.25, 0.3) is 17.5 Å². The van der Waals surface area contributed by atoms with E-state index in [0.717, 1.165) is 6.08 Å². The molecule has 2 aromatic carbocycles. The third-order valence-electron chi connectivity index (χ3n) is 4.02. The van der Waals surface area contributed by atoms with Crippen molar-refractivity contribution in [3.8, 4) is 11.5 Å². The lowest BCUT2D eigenvalue weighted by Crippen LogP contribution is -2.20. The van der Waals surface area contributed by atoms with Gasteiger partial charge in [0, 0.05) is 18.2 Å². The maximum Gasteiger partial charge on any atom is 0.331 e. The van der Waals surface area contributed by atoms with Crippen LogP contribution in [0.15, 0.2) is 42.5 Å². The first-order valence-electron chi connectivity index (χ1n) is 9.18. The number of aryl methyl sites for hydroxylation is 1. The van der Waals surface area contributed by atoms with Crippen molar-refractivity contribution in [1.29, 1.82) is 0 Å². The molecule has 0 bridgehead atoms. The number of hydrogen-bond donors (Lipinski definition) is 2. The Balaban J connectivity index is 1.92. The Hall–Kier alpha value is -4.41. The molecular weight excluding hydrogens is 422 g/mol. The Morgan fingerprint density at radius 2 is 1.88 bits per heavy atom. The Kier molecular flexibility index (Phi) is 8.29. The summed E-state index contributed by atoms with van der Waals surface area (Å²) < 4.78 is 15.3. The van der Waals surface area contributed by atoms with E-state index in [2.05, 4.69) is 5.32 Å². The summed E-state index contributed by atoms with van der Waals surface area (Å²) in [6.07, 6.45) is 2.55. The summed E-state index contributed by atoms with van der Waals surface area (Å²) in [6.45, 7) is 0.789. The van der Waals surface area contributed by atoms with Crippen molar-refractivity contribution in [3.05, 3.63) is 63.7 Å². The number of nitrogens with two attached hydrogens (primary N) is 1. The van der Waals surface area contributed by atoms with Gasteiger partial charge in [0.1, 0.15) is 0 Å². The van der Waals surface area contributed by atoms with Gasteiger partial charge in [0.2, 0.25) is 0 Å². The van der Waals surface area contributed by atoms with Crippen LogP contribution in [-0.2, 0) is 19.1 Å². The molecule has 0 saturated carbocycles. The first-order chi connectivity index (χ1) is 15.2. The Bertz CT molecular complexity index is 1070. The SMILES string of the molecule is COc1cc(/C=C/C(=O)OCC(=O)Nc2cc([N+](=O)[O-])ccc2C)ccc1OCC(N)=O. The molecule has 0 aliphatic heterocycles. The molecule has 11 nitrogen and oxygen atoms in total. The zero-order valence-electron chi connectivity index (χ0n) is 17.3. The van der Waals surface area contributed by atoms with Crippen LogP contribution >= 0.6 is 0 Å². The number of primary amides is 1. The van der Waals surface area contributed by atoms with Gasteiger partial charge in [-0.2, -0.15) is 0 Å². The highest BCUT2D eigenvalue weighted by molar-refractivity contribution is 5.95. The zero-order chi connectivity index (χ0) is 23.7. The number of amides is 2. The van der Waals surface area contributed by atoms with E-state index in [4.69, 9.17) is 19.9 Å². The van der Waals surface area contributed by atoms with Crippen LogP contribution in [0.25, 0.3) is 6.08 Å². The number of rotatable bonds is 10. The van der Waals surface area contributed by atoms with Gasteiger partial charge >= 0.3 is 5.97 Å². The van der Waals surface area contributed by atoms with Gasteiger partial charge in [-0.1, -0.05) is 12.1 Å². The topological polar surface area (TPSA) is 160 Å². The number of esters is 1. The molecule has 0 heterocycles. The van der Waals surface area contributed by atoms with Crippen molar-refractivity contribution in [2.45, 2.75) is 6.92 Å². The van der Waals surface area contributed by atoms with E-state index in [9.17, 15) is 24.5 Å². The first kappa shape index (κ1) is 23.9. The summed E-state index contributed by atoms with van der Waals surface area (Å²) in [5.74, 6) is -1.42. The minimum atomic E-state index is -0.774. The smallest absolute Gasteiger partial charge is 0.331 e. The molecular formula is C21H21N3O8. The number of benzene rings is 2. The number of hydrogen-bond acceptors (Lipinski definition) is 8. The molecule has 0 aliphatic carbocycles. The molecule has 11 heteroatoms. The Morgan fingerprint density at radius 3 is 2.53 bits per heavy atom. The van der Waals surface area contributed by atoms with E-state index >= 15 is 0 Å². The van der Waals surface area contributed by atoms with E-state index in [1.165, 1.54) is 31.4 Å². The second kappa shape index (κ2) is 11.1. The van der Waals surface area contributed by atoms with E-state index in [1.54, 1.807) is 25.1 Å². The summed E-state index contributed by atoms with van der Waals surface area (Å²) in [6, 6.07) is 8.77. The molecule has 32 heavy (non-hydrogen) atoms. The number of anilines is 1. The Morgan fingerprint density at radius 1 is 1.12 bits per heavy atom. The number of nitrogens with zero attached hydrogens (tertiary/aromatic N) is 1. The van der Waals surface area contributed by atoms with Gasteiger partial charge < -0.3 is 25.3 Å². The molecule has 2 rings (SSSR count). The van der Waals surface area contributed by atoms with Crippen molar-refractivity contribution in [2.75, 3.05) is 25.6 Å². The van der Waals surface area contributed by atoms with Crippen molar-refractivity contribution >= 4 is 35.2 Å². The molecule has 0 spiro atoms.